The molecule has 0 aromatic heterocycles. The van der Waals surface area contributed by atoms with Gasteiger partial charge in [0.25, 0.3) is 5.69 Å². The molecule has 6 nitrogen and oxygen atoms in total. The number of aliphatic hydroxyl groups excluding tert-OH is 1. The zero-order valence-electron chi connectivity index (χ0n) is 9.08. The molecule has 0 saturated carbocycles. The fraction of sp³-hybridized carbons (Fsp3) is 0.333. The third kappa shape index (κ3) is 3.00. The lowest BCUT2D eigenvalue weighted by Gasteiger charge is -2.24. The van der Waals surface area contributed by atoms with E-state index >= 15 is 0 Å². The summed E-state index contributed by atoms with van der Waals surface area (Å²) < 4.78 is 20.7. The average molecular weight is 359 g/mol. The van der Waals surface area contributed by atoms with Crippen LogP contribution in [0.2, 0.25) is 0 Å². The SMILES string of the molecule is CS(=O)(=O)[C@](Cl)(Br)[C@H](O)c1ccc([N+](=O)[O-])cc1. The van der Waals surface area contributed by atoms with E-state index in [1.807, 2.05) is 0 Å². The summed E-state index contributed by atoms with van der Waals surface area (Å²) in [5.74, 6) is 0. The largest absolute Gasteiger partial charge is 0.385 e. The van der Waals surface area contributed by atoms with Crippen molar-refractivity contribution in [3.8, 4) is 0 Å². The Bertz CT molecular complexity index is 557. The molecule has 1 aromatic rings. The number of non-ortho nitro benzene ring substituents is 1. The summed E-state index contributed by atoms with van der Waals surface area (Å²) in [6, 6.07) is 4.79. The van der Waals surface area contributed by atoms with Crippen LogP contribution in [0.4, 0.5) is 5.69 Å². The molecule has 0 amide bonds. The normalized spacial score (nSPS) is 16.9. The van der Waals surface area contributed by atoms with Gasteiger partial charge in [0.2, 0.25) is 3.12 Å². The first-order valence-corrected chi connectivity index (χ1v) is 7.63. The highest BCUT2D eigenvalue weighted by Crippen LogP contribution is 2.42. The minimum Gasteiger partial charge on any atom is -0.385 e. The van der Waals surface area contributed by atoms with Crippen LogP contribution in [0.5, 0.6) is 0 Å². The monoisotopic (exact) mass is 357 g/mol. The lowest BCUT2D eigenvalue weighted by molar-refractivity contribution is -0.384. The summed E-state index contributed by atoms with van der Waals surface area (Å²) in [7, 11) is -3.78. The molecule has 0 aliphatic carbocycles. The molecule has 0 spiro atoms. The van der Waals surface area contributed by atoms with Gasteiger partial charge < -0.3 is 5.11 Å². The summed E-state index contributed by atoms with van der Waals surface area (Å²) >= 11 is 8.49. The summed E-state index contributed by atoms with van der Waals surface area (Å²) in [5, 5.41) is 20.3. The Kier molecular flexibility index (Phi) is 4.37. The number of halogens is 2. The van der Waals surface area contributed by atoms with E-state index in [-0.39, 0.29) is 11.3 Å². The fourth-order valence-electron chi connectivity index (χ4n) is 1.18. The highest BCUT2D eigenvalue weighted by molar-refractivity contribution is 9.12. The van der Waals surface area contributed by atoms with E-state index in [4.69, 9.17) is 11.6 Å². The minimum absolute atomic E-state index is 0.151. The van der Waals surface area contributed by atoms with Crippen molar-refractivity contribution in [3.05, 3.63) is 39.9 Å². The summed E-state index contributed by atoms with van der Waals surface area (Å²) in [4.78, 5) is 9.85. The second kappa shape index (κ2) is 5.12. The van der Waals surface area contributed by atoms with E-state index < -0.39 is 24.0 Å². The zero-order valence-corrected chi connectivity index (χ0v) is 12.2. The number of alkyl halides is 2. The van der Waals surface area contributed by atoms with Crippen molar-refractivity contribution in [2.45, 2.75) is 9.22 Å². The van der Waals surface area contributed by atoms with Crippen molar-refractivity contribution >= 4 is 43.1 Å². The van der Waals surface area contributed by atoms with E-state index in [0.717, 1.165) is 18.4 Å². The summed E-state index contributed by atoms with van der Waals surface area (Å²) in [5.41, 5.74) is -0.0158. The molecule has 0 heterocycles. The van der Waals surface area contributed by atoms with Crippen LogP contribution >= 0.6 is 27.5 Å². The lowest BCUT2D eigenvalue weighted by atomic mass is 10.1. The first-order valence-electron chi connectivity index (χ1n) is 4.57. The third-order valence-electron chi connectivity index (χ3n) is 2.23. The molecule has 0 radical (unpaired) electrons. The van der Waals surface area contributed by atoms with Gasteiger partial charge in [-0.05, 0) is 33.6 Å². The predicted molar refractivity (Wildman–Crippen MR) is 70.4 cm³/mol. The van der Waals surface area contributed by atoms with Gasteiger partial charge in [-0.25, -0.2) is 8.42 Å². The minimum atomic E-state index is -3.78. The van der Waals surface area contributed by atoms with Crippen LogP contribution in [-0.2, 0) is 9.84 Å². The Morgan fingerprint density at radius 2 is 1.89 bits per heavy atom. The first-order chi connectivity index (χ1) is 8.07. The van der Waals surface area contributed by atoms with E-state index in [1.54, 1.807) is 0 Å². The number of hydrogen-bond donors (Lipinski definition) is 1. The molecule has 1 aromatic carbocycles. The Hall–Kier alpha value is -0.700. The van der Waals surface area contributed by atoms with E-state index in [9.17, 15) is 23.6 Å². The van der Waals surface area contributed by atoms with E-state index in [0.29, 0.717) is 0 Å². The van der Waals surface area contributed by atoms with Crippen LogP contribution in [0, 0.1) is 10.1 Å². The molecule has 18 heavy (non-hydrogen) atoms. The van der Waals surface area contributed by atoms with Crippen molar-refractivity contribution in [2.24, 2.45) is 0 Å². The van der Waals surface area contributed by atoms with Crippen molar-refractivity contribution in [2.75, 3.05) is 6.26 Å². The van der Waals surface area contributed by atoms with Crippen LogP contribution in [0.15, 0.2) is 24.3 Å². The summed E-state index contributed by atoms with van der Waals surface area (Å²) in [6.45, 7) is 0. The Morgan fingerprint density at radius 1 is 1.44 bits per heavy atom. The smallest absolute Gasteiger partial charge is 0.269 e. The maximum Gasteiger partial charge on any atom is 0.269 e. The predicted octanol–water partition coefficient (Wildman–Crippen LogP) is 1.96. The maximum atomic E-state index is 11.4. The molecule has 9 heteroatoms. The van der Waals surface area contributed by atoms with Crippen molar-refractivity contribution in [1.82, 2.24) is 0 Å². The molecule has 100 valence electrons. The molecule has 0 bridgehead atoms. The van der Waals surface area contributed by atoms with Gasteiger partial charge in [-0.2, -0.15) is 0 Å². The number of nitro benzene ring substituents is 1. The fourth-order valence-corrected chi connectivity index (χ4v) is 2.11. The van der Waals surface area contributed by atoms with E-state index in [1.165, 1.54) is 12.1 Å². The van der Waals surface area contributed by atoms with Crippen molar-refractivity contribution in [3.63, 3.8) is 0 Å². The van der Waals surface area contributed by atoms with Crippen LogP contribution < -0.4 is 0 Å². The number of nitro groups is 1. The van der Waals surface area contributed by atoms with Gasteiger partial charge >= 0.3 is 0 Å². The number of rotatable bonds is 4. The maximum absolute atomic E-state index is 11.4. The van der Waals surface area contributed by atoms with Gasteiger partial charge in [0.05, 0.1) is 4.92 Å². The van der Waals surface area contributed by atoms with Gasteiger partial charge in [-0.15, -0.1) is 0 Å². The first kappa shape index (κ1) is 15.4. The van der Waals surface area contributed by atoms with Gasteiger partial charge in [0, 0.05) is 18.4 Å². The number of aliphatic hydroxyl groups is 1. The number of benzene rings is 1. The molecule has 0 saturated heterocycles. The van der Waals surface area contributed by atoms with Crippen molar-refractivity contribution < 1.29 is 18.4 Å². The molecule has 0 aliphatic heterocycles. The van der Waals surface area contributed by atoms with Gasteiger partial charge in [0.1, 0.15) is 6.10 Å². The highest BCUT2D eigenvalue weighted by Gasteiger charge is 2.44. The molecule has 1 rings (SSSR count). The molecule has 0 unspecified atom stereocenters. The number of hydrogen-bond acceptors (Lipinski definition) is 5. The quantitative estimate of drug-likeness (QED) is 0.504. The Morgan fingerprint density at radius 3 is 2.22 bits per heavy atom. The zero-order chi connectivity index (χ0) is 14.1. The molecular weight excluding hydrogens is 350 g/mol. The van der Waals surface area contributed by atoms with Crippen molar-refractivity contribution in [1.29, 1.82) is 0 Å². The number of nitrogens with zero attached hydrogens (tertiary/aromatic N) is 1. The molecular formula is C9H9BrClNO5S. The number of sulfone groups is 1. The Labute approximate surface area is 117 Å². The van der Waals surface area contributed by atoms with Gasteiger partial charge in [0.15, 0.2) is 9.84 Å². The topological polar surface area (TPSA) is 97.5 Å². The van der Waals surface area contributed by atoms with Crippen LogP contribution in [0.1, 0.15) is 11.7 Å². The molecule has 2 atom stereocenters. The standard InChI is InChI=1S/C9H9BrClNO5S/c1-18(16,17)9(10,11)8(13)6-2-4-7(5-3-6)12(14)15/h2-5,8,13H,1H3/t8-,9+/m1/s1. The van der Waals surface area contributed by atoms with Crippen LogP contribution in [0.3, 0.4) is 0 Å². The highest BCUT2D eigenvalue weighted by atomic mass is 79.9. The second-order valence-corrected chi connectivity index (χ2v) is 8.83. The van der Waals surface area contributed by atoms with E-state index in [2.05, 4.69) is 15.9 Å². The Balaban J connectivity index is 3.12. The van der Waals surface area contributed by atoms with Gasteiger partial charge in [-0.1, -0.05) is 11.6 Å². The lowest BCUT2D eigenvalue weighted by Crippen LogP contribution is -2.32. The average Bonchev–Trinajstić information content (AvgIpc) is 2.26. The molecule has 0 aliphatic rings. The summed E-state index contributed by atoms with van der Waals surface area (Å²) in [6.07, 6.45) is -0.696. The van der Waals surface area contributed by atoms with Crippen LogP contribution in [-0.4, -0.2) is 27.8 Å². The molecule has 1 N–H and O–H groups in total. The second-order valence-electron chi connectivity index (χ2n) is 3.59. The van der Waals surface area contributed by atoms with Crippen LogP contribution in [0.25, 0.3) is 0 Å². The third-order valence-corrected chi connectivity index (χ3v) is 6.69. The van der Waals surface area contributed by atoms with Gasteiger partial charge in [-0.3, -0.25) is 10.1 Å². The molecule has 0 fully saturated rings.